The van der Waals surface area contributed by atoms with Crippen LogP contribution >= 0.6 is 15.9 Å². The Labute approximate surface area is 98.5 Å². The third kappa shape index (κ3) is 2.11. The van der Waals surface area contributed by atoms with E-state index in [1.165, 1.54) is 24.3 Å². The highest BCUT2D eigenvalue weighted by molar-refractivity contribution is 9.10. The molecule has 0 saturated heterocycles. The summed E-state index contributed by atoms with van der Waals surface area (Å²) in [5.41, 5.74) is 5.68. The number of aromatic nitrogens is 2. The number of nitrogens with zero attached hydrogens (tertiary/aromatic N) is 1. The number of nitrogens with two attached hydrogens (primary N) is 1. The van der Waals surface area contributed by atoms with Gasteiger partial charge in [0.1, 0.15) is 17.5 Å². The summed E-state index contributed by atoms with van der Waals surface area (Å²) < 4.78 is 13.4. The second-order valence-electron chi connectivity index (χ2n) is 3.14. The minimum Gasteiger partial charge on any atom is -0.383 e. The lowest BCUT2D eigenvalue weighted by molar-refractivity contribution is 0.627. The number of nitrogen functional groups attached to an aromatic ring is 1. The predicted octanol–water partition coefficient (Wildman–Crippen LogP) is 1.92. The molecule has 6 heteroatoms. The summed E-state index contributed by atoms with van der Waals surface area (Å²) in [5, 5.41) is 0. The van der Waals surface area contributed by atoms with E-state index >= 15 is 0 Å². The van der Waals surface area contributed by atoms with Crippen molar-refractivity contribution in [2.24, 2.45) is 0 Å². The SMILES string of the molecule is Nc1cc(=O)[nH]c(-c2ccc(F)cc2Br)n1. The molecule has 1 heterocycles. The molecule has 2 aromatic rings. The zero-order valence-corrected chi connectivity index (χ0v) is 9.58. The Hall–Kier alpha value is -1.69. The summed E-state index contributed by atoms with van der Waals surface area (Å²) in [7, 11) is 0. The molecule has 0 aliphatic rings. The molecular formula is C10H7BrFN3O. The summed E-state index contributed by atoms with van der Waals surface area (Å²) in [5.74, 6) is 0.0497. The van der Waals surface area contributed by atoms with Crippen molar-refractivity contribution < 1.29 is 4.39 Å². The van der Waals surface area contributed by atoms with Gasteiger partial charge >= 0.3 is 0 Å². The van der Waals surface area contributed by atoms with E-state index in [4.69, 9.17) is 5.73 Å². The second kappa shape index (κ2) is 4.05. The van der Waals surface area contributed by atoms with Crippen molar-refractivity contribution in [1.29, 1.82) is 0 Å². The van der Waals surface area contributed by atoms with E-state index in [9.17, 15) is 9.18 Å². The topological polar surface area (TPSA) is 71.8 Å². The minimum atomic E-state index is -0.373. The fraction of sp³-hybridized carbons (Fsp3) is 0. The van der Waals surface area contributed by atoms with Gasteiger partial charge in [-0.05, 0) is 34.1 Å². The zero-order chi connectivity index (χ0) is 11.7. The third-order valence-electron chi connectivity index (χ3n) is 1.95. The highest BCUT2D eigenvalue weighted by Crippen LogP contribution is 2.25. The van der Waals surface area contributed by atoms with Gasteiger partial charge in [0, 0.05) is 16.1 Å². The Morgan fingerprint density at radius 2 is 2.12 bits per heavy atom. The maximum atomic E-state index is 12.9. The van der Waals surface area contributed by atoms with E-state index < -0.39 is 0 Å². The summed E-state index contributed by atoms with van der Waals surface area (Å²) in [6, 6.07) is 5.26. The number of halogens is 2. The minimum absolute atomic E-state index is 0.120. The van der Waals surface area contributed by atoms with Crippen molar-refractivity contribution in [2.75, 3.05) is 5.73 Å². The van der Waals surface area contributed by atoms with Crippen molar-refractivity contribution in [3.8, 4) is 11.4 Å². The predicted molar refractivity (Wildman–Crippen MR) is 62.4 cm³/mol. The van der Waals surface area contributed by atoms with E-state index in [2.05, 4.69) is 25.9 Å². The highest BCUT2D eigenvalue weighted by atomic mass is 79.9. The lowest BCUT2D eigenvalue weighted by Crippen LogP contribution is -2.10. The van der Waals surface area contributed by atoms with Crippen LogP contribution < -0.4 is 11.3 Å². The average Bonchev–Trinajstić information content (AvgIpc) is 2.15. The molecule has 0 unspecified atom stereocenters. The number of hydrogen-bond donors (Lipinski definition) is 2. The fourth-order valence-electron chi connectivity index (χ4n) is 1.29. The summed E-state index contributed by atoms with van der Waals surface area (Å²) >= 11 is 3.19. The quantitative estimate of drug-likeness (QED) is 0.840. The summed E-state index contributed by atoms with van der Waals surface area (Å²) in [6.45, 7) is 0. The molecule has 0 bridgehead atoms. The van der Waals surface area contributed by atoms with Gasteiger partial charge in [-0.25, -0.2) is 9.37 Å². The normalized spacial score (nSPS) is 10.4. The fourth-order valence-corrected chi connectivity index (χ4v) is 1.82. The van der Waals surface area contributed by atoms with Crippen LogP contribution in [-0.4, -0.2) is 9.97 Å². The smallest absolute Gasteiger partial charge is 0.253 e. The van der Waals surface area contributed by atoms with Crippen LogP contribution in [0.25, 0.3) is 11.4 Å². The van der Waals surface area contributed by atoms with E-state index in [0.717, 1.165) is 0 Å². The molecule has 1 aromatic carbocycles. The van der Waals surface area contributed by atoms with Crippen LogP contribution in [0.3, 0.4) is 0 Å². The van der Waals surface area contributed by atoms with Crippen molar-refractivity contribution in [2.45, 2.75) is 0 Å². The van der Waals surface area contributed by atoms with Crippen molar-refractivity contribution in [3.63, 3.8) is 0 Å². The number of nitrogens with one attached hydrogen (secondary N) is 1. The van der Waals surface area contributed by atoms with Gasteiger partial charge < -0.3 is 10.7 Å². The van der Waals surface area contributed by atoms with E-state index in [-0.39, 0.29) is 17.2 Å². The van der Waals surface area contributed by atoms with Gasteiger partial charge in [0.2, 0.25) is 0 Å². The van der Waals surface area contributed by atoms with Gasteiger partial charge in [-0.15, -0.1) is 0 Å². The van der Waals surface area contributed by atoms with Crippen molar-refractivity contribution >= 4 is 21.7 Å². The van der Waals surface area contributed by atoms with Crippen LogP contribution in [0.2, 0.25) is 0 Å². The molecule has 4 nitrogen and oxygen atoms in total. The monoisotopic (exact) mass is 283 g/mol. The van der Waals surface area contributed by atoms with Crippen molar-refractivity contribution in [3.05, 3.63) is 44.9 Å². The first kappa shape index (κ1) is 10.8. The van der Waals surface area contributed by atoms with Crippen LogP contribution in [0.5, 0.6) is 0 Å². The molecule has 0 fully saturated rings. The number of anilines is 1. The van der Waals surface area contributed by atoms with Crippen LogP contribution in [0.4, 0.5) is 10.2 Å². The second-order valence-corrected chi connectivity index (χ2v) is 4.00. The van der Waals surface area contributed by atoms with Crippen LogP contribution in [0.1, 0.15) is 0 Å². The third-order valence-corrected chi connectivity index (χ3v) is 2.60. The Balaban J connectivity index is 2.63. The first-order valence-corrected chi connectivity index (χ1v) is 5.18. The van der Waals surface area contributed by atoms with Gasteiger partial charge in [-0.1, -0.05) is 0 Å². The Morgan fingerprint density at radius 1 is 1.38 bits per heavy atom. The molecular weight excluding hydrogens is 277 g/mol. The molecule has 2 rings (SSSR count). The number of hydrogen-bond acceptors (Lipinski definition) is 3. The van der Waals surface area contributed by atoms with Gasteiger partial charge in [0.15, 0.2) is 0 Å². The molecule has 1 aromatic heterocycles. The number of H-pyrrole nitrogens is 1. The molecule has 0 aliphatic carbocycles. The van der Waals surface area contributed by atoms with Gasteiger partial charge in [0.05, 0.1) is 0 Å². The van der Waals surface area contributed by atoms with Gasteiger partial charge in [0.25, 0.3) is 5.56 Å². The van der Waals surface area contributed by atoms with E-state index in [1.54, 1.807) is 0 Å². The Bertz CT molecular complexity index is 597. The molecule has 0 aliphatic heterocycles. The van der Waals surface area contributed by atoms with Gasteiger partial charge in [-0.3, -0.25) is 4.79 Å². The zero-order valence-electron chi connectivity index (χ0n) is 8.00. The van der Waals surface area contributed by atoms with E-state index in [1.807, 2.05) is 0 Å². The van der Waals surface area contributed by atoms with Crippen molar-refractivity contribution in [1.82, 2.24) is 9.97 Å². The number of rotatable bonds is 1. The highest BCUT2D eigenvalue weighted by Gasteiger charge is 2.07. The lowest BCUT2D eigenvalue weighted by atomic mass is 10.2. The summed E-state index contributed by atoms with van der Waals surface area (Å²) in [4.78, 5) is 17.7. The molecule has 3 N–H and O–H groups in total. The lowest BCUT2D eigenvalue weighted by Gasteiger charge is -2.04. The first-order chi connectivity index (χ1) is 7.56. The Kier molecular flexibility index (Phi) is 2.74. The maximum absolute atomic E-state index is 12.9. The molecule has 0 radical (unpaired) electrons. The molecule has 0 spiro atoms. The molecule has 16 heavy (non-hydrogen) atoms. The largest absolute Gasteiger partial charge is 0.383 e. The maximum Gasteiger partial charge on any atom is 0.253 e. The van der Waals surface area contributed by atoms with Crippen LogP contribution in [0, 0.1) is 5.82 Å². The van der Waals surface area contributed by atoms with E-state index in [0.29, 0.717) is 15.9 Å². The average molecular weight is 284 g/mol. The molecule has 0 saturated carbocycles. The molecule has 0 atom stereocenters. The Morgan fingerprint density at radius 3 is 2.75 bits per heavy atom. The first-order valence-electron chi connectivity index (χ1n) is 4.38. The summed E-state index contributed by atoms with van der Waals surface area (Å²) in [6.07, 6.45) is 0. The van der Waals surface area contributed by atoms with Gasteiger partial charge in [-0.2, -0.15) is 0 Å². The molecule has 0 amide bonds. The number of aromatic amines is 1. The van der Waals surface area contributed by atoms with Crippen LogP contribution in [0.15, 0.2) is 33.5 Å². The number of benzene rings is 1. The standard InChI is InChI=1S/C10H7BrFN3O/c11-7-3-5(12)1-2-6(7)10-14-8(13)4-9(16)15-10/h1-4H,(H3,13,14,15,16). The molecule has 82 valence electrons. The van der Waals surface area contributed by atoms with Crippen LogP contribution in [-0.2, 0) is 0 Å².